The molecule has 1 fully saturated rings. The fourth-order valence-electron chi connectivity index (χ4n) is 3.29. The fourth-order valence-corrected chi connectivity index (χ4v) is 3.29. The summed E-state index contributed by atoms with van der Waals surface area (Å²) in [6, 6.07) is 16.3. The van der Waals surface area contributed by atoms with Crippen molar-refractivity contribution in [3.05, 3.63) is 66.2 Å². The number of benzene rings is 2. The van der Waals surface area contributed by atoms with Crippen molar-refractivity contribution in [2.24, 2.45) is 5.92 Å². The first kappa shape index (κ1) is 19.4. The normalized spacial score (nSPS) is 17.4. The lowest BCUT2D eigenvalue weighted by molar-refractivity contribution is -0.143. The molecule has 28 heavy (non-hydrogen) atoms. The summed E-state index contributed by atoms with van der Waals surface area (Å²) in [5, 5.41) is 14.9. The van der Waals surface area contributed by atoms with Gasteiger partial charge in [-0.05, 0) is 30.5 Å². The standard InChI is InChI=1S/C21H23N3O4/c25-19(23-18(20(26)27)15-8-3-1-4-9-15)16-10-7-13-24(14-16)21(28)22-17-11-5-2-6-12-17/h1-6,8-9,11-12,16,18H,7,10,13-14H2,(H,22,28)(H,23,25)(H,26,27)/t16?,18-/m1/s1. The molecule has 2 aromatic rings. The monoisotopic (exact) mass is 381 g/mol. The van der Waals surface area contributed by atoms with E-state index in [0.717, 1.165) is 0 Å². The summed E-state index contributed by atoms with van der Waals surface area (Å²) in [6.45, 7) is 0.815. The minimum Gasteiger partial charge on any atom is -0.479 e. The van der Waals surface area contributed by atoms with E-state index in [0.29, 0.717) is 30.6 Å². The van der Waals surface area contributed by atoms with E-state index in [4.69, 9.17) is 0 Å². The number of para-hydroxylation sites is 1. The Hall–Kier alpha value is -3.35. The Bertz CT molecular complexity index is 826. The Balaban J connectivity index is 1.62. The first-order valence-electron chi connectivity index (χ1n) is 9.23. The zero-order chi connectivity index (χ0) is 19.9. The molecule has 1 saturated heterocycles. The van der Waals surface area contributed by atoms with Crippen LogP contribution in [0.25, 0.3) is 0 Å². The summed E-state index contributed by atoms with van der Waals surface area (Å²) in [5.41, 5.74) is 1.20. The summed E-state index contributed by atoms with van der Waals surface area (Å²) in [4.78, 5) is 38.4. The molecule has 1 heterocycles. The average Bonchev–Trinajstić information content (AvgIpc) is 2.73. The summed E-state index contributed by atoms with van der Waals surface area (Å²) in [7, 11) is 0. The summed E-state index contributed by atoms with van der Waals surface area (Å²) in [5.74, 6) is -1.91. The Labute approximate surface area is 163 Å². The smallest absolute Gasteiger partial charge is 0.330 e. The maximum absolute atomic E-state index is 12.7. The Kier molecular flexibility index (Phi) is 6.26. The van der Waals surface area contributed by atoms with Crippen molar-refractivity contribution in [2.45, 2.75) is 18.9 Å². The molecule has 3 N–H and O–H groups in total. The first-order chi connectivity index (χ1) is 13.5. The van der Waals surface area contributed by atoms with E-state index in [2.05, 4.69) is 10.6 Å². The topological polar surface area (TPSA) is 98.7 Å². The number of piperidine rings is 1. The number of urea groups is 1. The van der Waals surface area contributed by atoms with Crippen LogP contribution in [0.4, 0.5) is 10.5 Å². The van der Waals surface area contributed by atoms with Crippen molar-refractivity contribution in [2.75, 3.05) is 18.4 Å². The van der Waals surface area contributed by atoms with Crippen molar-refractivity contribution < 1.29 is 19.5 Å². The molecule has 146 valence electrons. The molecule has 7 nitrogen and oxygen atoms in total. The van der Waals surface area contributed by atoms with E-state index in [1.807, 2.05) is 18.2 Å². The van der Waals surface area contributed by atoms with Gasteiger partial charge in [0.2, 0.25) is 5.91 Å². The van der Waals surface area contributed by atoms with Crippen LogP contribution in [0, 0.1) is 5.92 Å². The number of nitrogens with zero attached hydrogens (tertiary/aromatic N) is 1. The summed E-state index contributed by atoms with van der Waals surface area (Å²) < 4.78 is 0. The molecule has 3 amide bonds. The highest BCUT2D eigenvalue weighted by molar-refractivity contribution is 5.90. The minimum absolute atomic E-state index is 0.256. The number of carbonyl (C=O) groups excluding carboxylic acids is 2. The number of rotatable bonds is 5. The van der Waals surface area contributed by atoms with Crippen LogP contribution < -0.4 is 10.6 Å². The summed E-state index contributed by atoms with van der Waals surface area (Å²) >= 11 is 0. The number of hydrogen-bond donors (Lipinski definition) is 3. The van der Waals surface area contributed by atoms with Gasteiger partial charge >= 0.3 is 12.0 Å². The lowest BCUT2D eigenvalue weighted by Crippen LogP contribution is -2.48. The average molecular weight is 381 g/mol. The first-order valence-corrected chi connectivity index (χ1v) is 9.23. The SMILES string of the molecule is O=C(N[C@@H](C(=O)O)c1ccccc1)C1CCCN(C(=O)Nc2ccccc2)C1. The predicted octanol–water partition coefficient (Wildman–Crippen LogP) is 2.87. The molecule has 0 bridgehead atoms. The van der Waals surface area contributed by atoms with E-state index in [1.54, 1.807) is 47.4 Å². The molecule has 3 rings (SSSR count). The van der Waals surface area contributed by atoms with E-state index < -0.39 is 17.9 Å². The van der Waals surface area contributed by atoms with Crippen LogP contribution in [-0.2, 0) is 9.59 Å². The number of anilines is 1. The molecule has 0 spiro atoms. The van der Waals surface area contributed by atoms with Crippen LogP contribution in [0.15, 0.2) is 60.7 Å². The number of hydrogen-bond acceptors (Lipinski definition) is 3. The fraction of sp³-hybridized carbons (Fsp3) is 0.286. The lowest BCUT2D eigenvalue weighted by Gasteiger charge is -2.32. The molecule has 0 saturated carbocycles. The second-order valence-corrected chi connectivity index (χ2v) is 6.77. The van der Waals surface area contributed by atoms with E-state index >= 15 is 0 Å². The molecule has 1 unspecified atom stereocenters. The lowest BCUT2D eigenvalue weighted by atomic mass is 9.96. The Morgan fingerprint density at radius 2 is 1.64 bits per heavy atom. The van der Waals surface area contributed by atoms with Crippen molar-refractivity contribution in [3.63, 3.8) is 0 Å². The molecule has 2 aromatic carbocycles. The highest BCUT2D eigenvalue weighted by atomic mass is 16.4. The maximum Gasteiger partial charge on any atom is 0.330 e. The Morgan fingerprint density at radius 3 is 2.29 bits per heavy atom. The van der Waals surface area contributed by atoms with Gasteiger partial charge in [-0.25, -0.2) is 9.59 Å². The third-order valence-electron chi connectivity index (χ3n) is 4.77. The second kappa shape index (κ2) is 9.03. The number of carboxylic acids is 1. The minimum atomic E-state index is -1.12. The molecule has 2 atom stereocenters. The van der Waals surface area contributed by atoms with Gasteiger partial charge in [-0.15, -0.1) is 0 Å². The zero-order valence-corrected chi connectivity index (χ0v) is 15.4. The van der Waals surface area contributed by atoms with Gasteiger partial charge in [0.1, 0.15) is 0 Å². The van der Waals surface area contributed by atoms with Gasteiger partial charge in [-0.2, -0.15) is 0 Å². The Morgan fingerprint density at radius 1 is 1.00 bits per heavy atom. The predicted molar refractivity (Wildman–Crippen MR) is 105 cm³/mol. The van der Waals surface area contributed by atoms with Crippen LogP contribution in [0.1, 0.15) is 24.4 Å². The highest BCUT2D eigenvalue weighted by Crippen LogP contribution is 2.20. The van der Waals surface area contributed by atoms with Gasteiger partial charge < -0.3 is 20.6 Å². The molecular formula is C21H23N3O4. The van der Waals surface area contributed by atoms with Gasteiger partial charge in [0.25, 0.3) is 0 Å². The maximum atomic E-state index is 12.7. The van der Waals surface area contributed by atoms with E-state index in [-0.39, 0.29) is 18.5 Å². The van der Waals surface area contributed by atoms with Gasteiger partial charge in [-0.1, -0.05) is 48.5 Å². The molecule has 0 aromatic heterocycles. The molecule has 0 aliphatic carbocycles. The van der Waals surface area contributed by atoms with Crippen molar-refractivity contribution in [3.8, 4) is 0 Å². The third-order valence-corrected chi connectivity index (χ3v) is 4.77. The molecule has 7 heteroatoms. The van der Waals surface area contributed by atoms with E-state index in [1.165, 1.54) is 0 Å². The number of carboxylic acid groups (broad SMARTS) is 1. The van der Waals surface area contributed by atoms with Crippen molar-refractivity contribution in [1.82, 2.24) is 10.2 Å². The van der Waals surface area contributed by atoms with Crippen LogP contribution >= 0.6 is 0 Å². The van der Waals surface area contributed by atoms with Gasteiger partial charge in [0, 0.05) is 18.8 Å². The number of likely N-dealkylation sites (tertiary alicyclic amines) is 1. The second-order valence-electron chi connectivity index (χ2n) is 6.77. The van der Waals surface area contributed by atoms with E-state index in [9.17, 15) is 19.5 Å². The van der Waals surface area contributed by atoms with Crippen LogP contribution in [-0.4, -0.2) is 41.0 Å². The molecular weight excluding hydrogens is 358 g/mol. The molecule has 1 aliphatic heterocycles. The van der Waals surface area contributed by atoms with Crippen molar-refractivity contribution >= 4 is 23.6 Å². The third kappa shape index (κ3) is 4.88. The molecule has 1 aliphatic rings. The van der Waals surface area contributed by atoms with Gasteiger partial charge in [0.05, 0.1) is 5.92 Å². The zero-order valence-electron chi connectivity index (χ0n) is 15.4. The van der Waals surface area contributed by atoms with Crippen LogP contribution in [0.2, 0.25) is 0 Å². The van der Waals surface area contributed by atoms with Gasteiger partial charge in [0.15, 0.2) is 6.04 Å². The largest absolute Gasteiger partial charge is 0.479 e. The number of nitrogens with one attached hydrogen (secondary N) is 2. The van der Waals surface area contributed by atoms with Gasteiger partial charge in [-0.3, -0.25) is 4.79 Å². The number of carbonyl (C=O) groups is 3. The molecule has 0 radical (unpaired) electrons. The van der Waals surface area contributed by atoms with Crippen LogP contribution in [0.5, 0.6) is 0 Å². The van der Waals surface area contributed by atoms with Crippen LogP contribution in [0.3, 0.4) is 0 Å². The van der Waals surface area contributed by atoms with Crippen molar-refractivity contribution in [1.29, 1.82) is 0 Å². The quantitative estimate of drug-likeness (QED) is 0.742. The summed E-state index contributed by atoms with van der Waals surface area (Å²) in [6.07, 6.45) is 1.30. The number of aliphatic carboxylic acids is 1. The highest BCUT2D eigenvalue weighted by Gasteiger charge is 2.31. The number of amides is 3.